The molecule has 0 spiro atoms. The summed E-state index contributed by atoms with van der Waals surface area (Å²) in [5, 5.41) is 4.26. The van der Waals surface area contributed by atoms with Crippen LogP contribution in [0.1, 0.15) is 22.6 Å². The monoisotopic (exact) mass is 270 g/mol. The maximum Gasteiger partial charge on any atom is 0.0525 e. The Morgan fingerprint density at radius 3 is 2.80 bits per heavy atom. The summed E-state index contributed by atoms with van der Waals surface area (Å²) in [5.74, 6) is 0.369. The van der Waals surface area contributed by atoms with Gasteiger partial charge in [0, 0.05) is 45.3 Å². The van der Waals surface area contributed by atoms with E-state index in [1.165, 1.54) is 16.7 Å². The van der Waals surface area contributed by atoms with E-state index < -0.39 is 0 Å². The largest absolute Gasteiger partial charge is 0.330 e. The average molecular weight is 270 g/mol. The number of fused-ring (bicyclic) bond motifs is 1. The minimum absolute atomic E-state index is 0.369. The lowest BCUT2D eigenvalue weighted by Gasteiger charge is -2.31. The molecule has 0 bridgehead atoms. The molecule has 1 aromatic heterocycles. The maximum atomic E-state index is 5.96. The van der Waals surface area contributed by atoms with E-state index in [9.17, 15) is 0 Å². The van der Waals surface area contributed by atoms with Crippen molar-refractivity contribution in [3.05, 3.63) is 53.3 Å². The summed E-state index contributed by atoms with van der Waals surface area (Å²) in [7, 11) is 1.95. The van der Waals surface area contributed by atoms with Crippen LogP contribution in [-0.4, -0.2) is 34.3 Å². The summed E-state index contributed by atoms with van der Waals surface area (Å²) < 4.78 is 1.85. The second kappa shape index (κ2) is 5.77. The van der Waals surface area contributed by atoms with Crippen LogP contribution in [0.5, 0.6) is 0 Å². The minimum Gasteiger partial charge on any atom is -0.330 e. The third kappa shape index (κ3) is 2.76. The molecule has 1 unspecified atom stereocenters. The molecule has 0 amide bonds. The van der Waals surface area contributed by atoms with Gasteiger partial charge >= 0.3 is 0 Å². The number of aromatic nitrogens is 2. The fraction of sp³-hybridized carbons (Fsp3) is 0.438. The highest BCUT2D eigenvalue weighted by atomic mass is 15.2. The predicted octanol–water partition coefficient (Wildman–Crippen LogP) is 1.52. The fourth-order valence-corrected chi connectivity index (χ4v) is 2.99. The summed E-state index contributed by atoms with van der Waals surface area (Å²) in [6, 6.07) is 8.74. The number of nitrogens with two attached hydrogens (primary N) is 1. The van der Waals surface area contributed by atoms with Crippen LogP contribution in [-0.2, 0) is 20.0 Å². The highest BCUT2D eigenvalue weighted by Crippen LogP contribution is 2.22. The zero-order chi connectivity index (χ0) is 13.9. The Morgan fingerprint density at radius 1 is 1.30 bits per heavy atom. The molecule has 2 aromatic rings. The van der Waals surface area contributed by atoms with Gasteiger partial charge in [0.2, 0.25) is 0 Å². The minimum atomic E-state index is 0.369. The van der Waals surface area contributed by atoms with Gasteiger partial charge in [-0.2, -0.15) is 5.10 Å². The normalized spacial score (nSPS) is 16.9. The summed E-state index contributed by atoms with van der Waals surface area (Å²) in [6.07, 6.45) is 5.16. The highest BCUT2D eigenvalue weighted by molar-refractivity contribution is 5.29. The summed E-state index contributed by atoms with van der Waals surface area (Å²) in [6.45, 7) is 3.83. The molecular formula is C16H22N4. The molecule has 4 nitrogen and oxygen atoms in total. The molecule has 106 valence electrons. The van der Waals surface area contributed by atoms with Crippen molar-refractivity contribution >= 4 is 0 Å². The lowest BCUT2D eigenvalue weighted by molar-refractivity contribution is 0.239. The van der Waals surface area contributed by atoms with Crippen LogP contribution in [0, 0.1) is 0 Å². The molecule has 1 aliphatic heterocycles. The molecule has 0 saturated carbocycles. The van der Waals surface area contributed by atoms with Crippen molar-refractivity contribution in [2.24, 2.45) is 12.8 Å². The van der Waals surface area contributed by atoms with E-state index in [4.69, 9.17) is 5.73 Å². The van der Waals surface area contributed by atoms with Crippen molar-refractivity contribution in [2.45, 2.75) is 18.9 Å². The first-order valence-electron chi connectivity index (χ1n) is 7.24. The van der Waals surface area contributed by atoms with E-state index in [1.807, 2.05) is 17.9 Å². The van der Waals surface area contributed by atoms with Crippen LogP contribution in [0.2, 0.25) is 0 Å². The molecule has 2 N–H and O–H groups in total. The zero-order valence-corrected chi connectivity index (χ0v) is 12.0. The van der Waals surface area contributed by atoms with E-state index in [0.29, 0.717) is 12.5 Å². The van der Waals surface area contributed by atoms with Crippen LogP contribution in [0.4, 0.5) is 0 Å². The second-order valence-corrected chi connectivity index (χ2v) is 5.63. The molecule has 0 radical (unpaired) electrons. The number of hydrogen-bond donors (Lipinski definition) is 1. The topological polar surface area (TPSA) is 47.1 Å². The van der Waals surface area contributed by atoms with Crippen molar-refractivity contribution < 1.29 is 0 Å². The SMILES string of the molecule is Cn1cc(C(CN)CN2CCc3ccccc3C2)cn1. The second-order valence-electron chi connectivity index (χ2n) is 5.63. The molecular weight excluding hydrogens is 248 g/mol. The van der Waals surface area contributed by atoms with Crippen LogP contribution < -0.4 is 5.73 Å². The van der Waals surface area contributed by atoms with Crippen molar-refractivity contribution in [2.75, 3.05) is 19.6 Å². The lowest BCUT2D eigenvalue weighted by atomic mass is 9.97. The standard InChI is InChI=1S/C16H22N4/c1-19-10-16(9-18-19)15(8-17)12-20-7-6-13-4-2-3-5-14(13)11-20/h2-5,9-10,15H,6-8,11-12,17H2,1H3. The molecule has 1 aliphatic rings. The Morgan fingerprint density at radius 2 is 2.10 bits per heavy atom. The number of benzene rings is 1. The number of rotatable bonds is 4. The maximum absolute atomic E-state index is 5.96. The van der Waals surface area contributed by atoms with Gasteiger partial charge in [-0.1, -0.05) is 24.3 Å². The first-order valence-corrected chi connectivity index (χ1v) is 7.24. The molecule has 0 saturated heterocycles. The first-order chi connectivity index (χ1) is 9.76. The van der Waals surface area contributed by atoms with Crippen molar-refractivity contribution in [1.82, 2.24) is 14.7 Å². The van der Waals surface area contributed by atoms with Crippen LogP contribution in [0.15, 0.2) is 36.7 Å². The van der Waals surface area contributed by atoms with Crippen molar-refractivity contribution in [3.63, 3.8) is 0 Å². The van der Waals surface area contributed by atoms with Gasteiger partial charge in [0.05, 0.1) is 6.20 Å². The van der Waals surface area contributed by atoms with E-state index in [0.717, 1.165) is 26.1 Å². The van der Waals surface area contributed by atoms with Gasteiger partial charge in [-0.25, -0.2) is 0 Å². The van der Waals surface area contributed by atoms with Gasteiger partial charge in [-0.05, 0) is 23.1 Å². The number of nitrogens with zero attached hydrogens (tertiary/aromatic N) is 3. The van der Waals surface area contributed by atoms with E-state index in [-0.39, 0.29) is 0 Å². The van der Waals surface area contributed by atoms with E-state index in [1.54, 1.807) is 0 Å². The van der Waals surface area contributed by atoms with Crippen molar-refractivity contribution in [1.29, 1.82) is 0 Å². The molecule has 1 aromatic carbocycles. The Bertz CT molecular complexity index is 575. The lowest BCUT2D eigenvalue weighted by Crippen LogP contribution is -2.35. The third-order valence-electron chi connectivity index (χ3n) is 4.17. The highest BCUT2D eigenvalue weighted by Gasteiger charge is 2.20. The molecule has 1 atom stereocenters. The quantitative estimate of drug-likeness (QED) is 0.916. The predicted molar refractivity (Wildman–Crippen MR) is 80.4 cm³/mol. The van der Waals surface area contributed by atoms with Crippen LogP contribution >= 0.6 is 0 Å². The van der Waals surface area contributed by atoms with Crippen molar-refractivity contribution in [3.8, 4) is 0 Å². The molecule has 20 heavy (non-hydrogen) atoms. The van der Waals surface area contributed by atoms with Crippen LogP contribution in [0.25, 0.3) is 0 Å². The third-order valence-corrected chi connectivity index (χ3v) is 4.17. The Kier molecular flexibility index (Phi) is 3.85. The van der Waals surface area contributed by atoms with Gasteiger partial charge in [-0.3, -0.25) is 9.58 Å². The van der Waals surface area contributed by atoms with Gasteiger partial charge in [-0.15, -0.1) is 0 Å². The molecule has 2 heterocycles. The summed E-state index contributed by atoms with van der Waals surface area (Å²) in [4.78, 5) is 2.51. The average Bonchev–Trinajstić information content (AvgIpc) is 2.91. The van der Waals surface area contributed by atoms with Gasteiger partial charge in [0.25, 0.3) is 0 Å². The van der Waals surface area contributed by atoms with Crippen LogP contribution in [0.3, 0.4) is 0 Å². The molecule has 0 aliphatic carbocycles. The summed E-state index contributed by atoms with van der Waals surface area (Å²) >= 11 is 0. The Balaban J connectivity index is 1.69. The molecule has 0 fully saturated rings. The number of hydrogen-bond acceptors (Lipinski definition) is 3. The van der Waals surface area contributed by atoms with Gasteiger partial charge in [0.1, 0.15) is 0 Å². The molecule has 3 rings (SSSR count). The van der Waals surface area contributed by atoms with Gasteiger partial charge in [0.15, 0.2) is 0 Å². The molecule has 4 heteroatoms. The Hall–Kier alpha value is -1.65. The van der Waals surface area contributed by atoms with Gasteiger partial charge < -0.3 is 5.73 Å². The first kappa shape index (κ1) is 13.3. The fourth-order valence-electron chi connectivity index (χ4n) is 2.99. The van der Waals surface area contributed by atoms with E-state index in [2.05, 4.69) is 40.5 Å². The number of aryl methyl sites for hydroxylation is 1. The smallest absolute Gasteiger partial charge is 0.0525 e. The Labute approximate surface area is 120 Å². The summed E-state index contributed by atoms with van der Waals surface area (Å²) in [5.41, 5.74) is 10.2. The zero-order valence-electron chi connectivity index (χ0n) is 12.0. The van der Waals surface area contributed by atoms with E-state index >= 15 is 0 Å².